The molecule has 0 aromatic heterocycles. The Bertz CT molecular complexity index is 612. The van der Waals surface area contributed by atoms with E-state index in [2.05, 4.69) is 29.3 Å². The van der Waals surface area contributed by atoms with E-state index in [0.29, 0.717) is 6.04 Å². The van der Waals surface area contributed by atoms with Gasteiger partial charge in [-0.2, -0.15) is 0 Å². The third-order valence-corrected chi connectivity index (χ3v) is 6.32. The third kappa shape index (κ3) is 5.49. The number of halogens is 1. The first-order valence-electron chi connectivity index (χ1n) is 9.50. The third-order valence-electron chi connectivity index (χ3n) is 5.19. The van der Waals surface area contributed by atoms with Crippen molar-refractivity contribution in [3.8, 4) is 0 Å². The lowest BCUT2D eigenvalue weighted by molar-refractivity contribution is -0.118. The van der Waals surface area contributed by atoms with Gasteiger partial charge in [0.2, 0.25) is 5.91 Å². The summed E-state index contributed by atoms with van der Waals surface area (Å²) in [5.74, 6) is 0.839. The van der Waals surface area contributed by atoms with E-state index in [1.807, 2.05) is 19.2 Å². The van der Waals surface area contributed by atoms with Gasteiger partial charge in [-0.15, -0.1) is 17.0 Å². The van der Waals surface area contributed by atoms with Crippen molar-refractivity contribution in [3.63, 3.8) is 0 Å². The Kier molecular flexibility index (Phi) is 8.48. The van der Waals surface area contributed by atoms with Gasteiger partial charge in [0.05, 0.1) is 6.04 Å². The van der Waals surface area contributed by atoms with Crippen LogP contribution in [0.15, 0.2) is 29.3 Å². The standard InChI is InChI=1S/C20H29N3OS.BrH/c1-3-15-10-12-17(13-11-15)21-19(24)18-14-25-20(23(18)2)22-16-8-6-4-5-7-9-16;/h10-13,16,18H,3-9,14H2,1-2H3,(H,21,24);1H. The van der Waals surface area contributed by atoms with Crippen LogP contribution in [0.25, 0.3) is 0 Å². The monoisotopic (exact) mass is 439 g/mol. The van der Waals surface area contributed by atoms with Gasteiger partial charge in [-0.1, -0.05) is 56.5 Å². The van der Waals surface area contributed by atoms with Gasteiger partial charge in [0.25, 0.3) is 0 Å². The van der Waals surface area contributed by atoms with Gasteiger partial charge in [0, 0.05) is 18.5 Å². The smallest absolute Gasteiger partial charge is 0.248 e. The molecular formula is C20H30BrN3OS. The summed E-state index contributed by atoms with van der Waals surface area (Å²) in [6.07, 6.45) is 8.65. The number of amides is 1. The number of carbonyl (C=O) groups is 1. The molecule has 2 fully saturated rings. The molecule has 1 unspecified atom stereocenters. The summed E-state index contributed by atoms with van der Waals surface area (Å²) in [7, 11) is 2.00. The van der Waals surface area contributed by atoms with Crippen LogP contribution in [-0.4, -0.2) is 40.9 Å². The molecule has 144 valence electrons. The first-order chi connectivity index (χ1) is 12.2. The van der Waals surface area contributed by atoms with E-state index >= 15 is 0 Å². The zero-order chi connectivity index (χ0) is 17.6. The highest BCUT2D eigenvalue weighted by Crippen LogP contribution is 2.27. The molecular weight excluding hydrogens is 410 g/mol. The molecule has 3 rings (SSSR count). The number of amidine groups is 1. The van der Waals surface area contributed by atoms with Gasteiger partial charge in [-0.25, -0.2) is 0 Å². The average Bonchev–Trinajstić information content (AvgIpc) is 2.83. The van der Waals surface area contributed by atoms with Crippen molar-refractivity contribution in [1.82, 2.24) is 4.90 Å². The van der Waals surface area contributed by atoms with Crippen molar-refractivity contribution >= 4 is 45.5 Å². The predicted octanol–water partition coefficient (Wildman–Crippen LogP) is 4.89. The normalized spacial score (nSPS) is 22.8. The Balaban J connectivity index is 0.00000243. The molecule has 1 aliphatic heterocycles. The number of hydrogen-bond donors (Lipinski definition) is 1. The zero-order valence-corrected chi connectivity index (χ0v) is 18.3. The Labute approximate surface area is 172 Å². The summed E-state index contributed by atoms with van der Waals surface area (Å²) in [6, 6.07) is 8.42. The molecule has 0 radical (unpaired) electrons. The first kappa shape index (κ1) is 21.3. The summed E-state index contributed by atoms with van der Waals surface area (Å²) in [6.45, 7) is 2.13. The van der Waals surface area contributed by atoms with Crippen LogP contribution in [0.4, 0.5) is 5.69 Å². The van der Waals surface area contributed by atoms with Crippen LogP contribution in [-0.2, 0) is 11.2 Å². The molecule has 1 atom stereocenters. The Morgan fingerprint density at radius 2 is 1.85 bits per heavy atom. The minimum atomic E-state index is -0.139. The van der Waals surface area contributed by atoms with Crippen molar-refractivity contribution in [2.24, 2.45) is 4.99 Å². The highest BCUT2D eigenvalue weighted by atomic mass is 79.9. The van der Waals surface area contributed by atoms with E-state index in [0.717, 1.165) is 23.0 Å². The summed E-state index contributed by atoms with van der Waals surface area (Å²) in [4.78, 5) is 19.7. The topological polar surface area (TPSA) is 44.7 Å². The summed E-state index contributed by atoms with van der Waals surface area (Å²) < 4.78 is 0. The zero-order valence-electron chi connectivity index (χ0n) is 15.7. The van der Waals surface area contributed by atoms with Crippen LogP contribution in [0.3, 0.4) is 0 Å². The molecule has 6 heteroatoms. The second-order valence-electron chi connectivity index (χ2n) is 7.03. The fourth-order valence-electron chi connectivity index (χ4n) is 3.47. The molecule has 1 saturated carbocycles. The van der Waals surface area contributed by atoms with E-state index in [1.54, 1.807) is 11.8 Å². The van der Waals surface area contributed by atoms with Crippen LogP contribution in [0.1, 0.15) is 51.0 Å². The Hall–Kier alpha value is -1.01. The fraction of sp³-hybridized carbons (Fsp3) is 0.600. The lowest BCUT2D eigenvalue weighted by atomic mass is 10.1. The van der Waals surface area contributed by atoms with Crippen LogP contribution >= 0.6 is 28.7 Å². The Morgan fingerprint density at radius 3 is 2.46 bits per heavy atom. The number of carbonyl (C=O) groups excluding carboxylic acids is 1. The quantitative estimate of drug-likeness (QED) is 0.678. The number of thioether (sulfide) groups is 1. The molecule has 0 bridgehead atoms. The molecule has 1 heterocycles. The molecule has 1 aromatic carbocycles. The number of nitrogens with one attached hydrogen (secondary N) is 1. The summed E-state index contributed by atoms with van der Waals surface area (Å²) in [5.41, 5.74) is 2.15. The van der Waals surface area contributed by atoms with Crippen molar-refractivity contribution in [2.45, 2.75) is 64.0 Å². The summed E-state index contributed by atoms with van der Waals surface area (Å²) >= 11 is 1.72. The number of aryl methyl sites for hydroxylation is 1. The van der Waals surface area contributed by atoms with E-state index in [9.17, 15) is 4.79 Å². The predicted molar refractivity (Wildman–Crippen MR) is 118 cm³/mol. The lowest BCUT2D eigenvalue weighted by Crippen LogP contribution is -2.40. The van der Waals surface area contributed by atoms with Gasteiger partial charge in [0.1, 0.15) is 6.04 Å². The van der Waals surface area contributed by atoms with Crippen LogP contribution in [0.5, 0.6) is 0 Å². The molecule has 1 saturated heterocycles. The van der Waals surface area contributed by atoms with Crippen LogP contribution in [0.2, 0.25) is 0 Å². The molecule has 4 nitrogen and oxygen atoms in total. The second kappa shape index (κ2) is 10.4. The van der Waals surface area contributed by atoms with E-state index in [1.165, 1.54) is 44.1 Å². The first-order valence-corrected chi connectivity index (χ1v) is 10.5. The number of rotatable bonds is 4. The van der Waals surface area contributed by atoms with E-state index in [-0.39, 0.29) is 28.9 Å². The molecule has 1 amide bonds. The molecule has 2 aliphatic rings. The highest BCUT2D eigenvalue weighted by molar-refractivity contribution is 8.93. The number of nitrogens with zero attached hydrogens (tertiary/aromatic N) is 2. The van der Waals surface area contributed by atoms with Gasteiger partial charge < -0.3 is 10.2 Å². The number of aliphatic imine (C=N–C) groups is 1. The van der Waals surface area contributed by atoms with Crippen molar-refractivity contribution in [3.05, 3.63) is 29.8 Å². The minimum absolute atomic E-state index is 0. The maximum absolute atomic E-state index is 12.7. The maximum atomic E-state index is 12.7. The molecule has 1 aromatic rings. The van der Waals surface area contributed by atoms with Gasteiger partial charge in [-0.05, 0) is 37.0 Å². The Morgan fingerprint density at radius 1 is 1.19 bits per heavy atom. The summed E-state index contributed by atoms with van der Waals surface area (Å²) in [5, 5.41) is 4.09. The maximum Gasteiger partial charge on any atom is 0.248 e. The van der Waals surface area contributed by atoms with Crippen LogP contribution in [0, 0.1) is 0 Å². The second-order valence-corrected chi connectivity index (χ2v) is 8.02. The fourth-order valence-corrected chi connectivity index (χ4v) is 4.71. The van der Waals surface area contributed by atoms with Crippen molar-refractivity contribution in [2.75, 3.05) is 18.1 Å². The number of likely N-dealkylation sites (N-methyl/N-ethyl adjacent to an activating group) is 1. The van der Waals surface area contributed by atoms with Crippen molar-refractivity contribution in [1.29, 1.82) is 0 Å². The van der Waals surface area contributed by atoms with Crippen LogP contribution < -0.4 is 5.32 Å². The number of hydrogen-bond acceptors (Lipinski definition) is 3. The number of anilines is 1. The molecule has 0 spiro atoms. The molecule has 1 N–H and O–H groups in total. The minimum Gasteiger partial charge on any atom is -0.342 e. The van der Waals surface area contributed by atoms with Gasteiger partial charge in [0.15, 0.2) is 5.17 Å². The van der Waals surface area contributed by atoms with Gasteiger partial charge >= 0.3 is 0 Å². The van der Waals surface area contributed by atoms with Crippen molar-refractivity contribution < 1.29 is 4.79 Å². The SMILES string of the molecule is Br.CCc1ccc(NC(=O)C2CSC(=NC3CCCCCC3)N2C)cc1. The molecule has 26 heavy (non-hydrogen) atoms. The van der Waals surface area contributed by atoms with Gasteiger partial charge in [-0.3, -0.25) is 9.79 Å². The average molecular weight is 440 g/mol. The highest BCUT2D eigenvalue weighted by Gasteiger charge is 2.33. The van der Waals surface area contributed by atoms with E-state index < -0.39 is 0 Å². The van der Waals surface area contributed by atoms with E-state index in [4.69, 9.17) is 4.99 Å². The number of benzene rings is 1. The lowest BCUT2D eigenvalue weighted by Gasteiger charge is -2.21. The largest absolute Gasteiger partial charge is 0.342 e. The molecule has 1 aliphatic carbocycles.